The maximum absolute atomic E-state index is 11.9. The van der Waals surface area contributed by atoms with E-state index in [0.29, 0.717) is 11.1 Å². The van der Waals surface area contributed by atoms with Gasteiger partial charge in [0.25, 0.3) is 0 Å². The van der Waals surface area contributed by atoms with E-state index < -0.39 is 0 Å². The van der Waals surface area contributed by atoms with Crippen molar-refractivity contribution in [3.63, 3.8) is 0 Å². The molecule has 0 bridgehead atoms. The van der Waals surface area contributed by atoms with E-state index in [0.717, 1.165) is 4.47 Å². The van der Waals surface area contributed by atoms with Gasteiger partial charge in [-0.05, 0) is 24.3 Å². The summed E-state index contributed by atoms with van der Waals surface area (Å²) >= 11 is 3.29. The van der Waals surface area contributed by atoms with Crippen molar-refractivity contribution in [1.29, 1.82) is 0 Å². The average Bonchev–Trinajstić information content (AvgIpc) is 2.39. The Morgan fingerprint density at radius 1 is 1.06 bits per heavy atom. The van der Waals surface area contributed by atoms with Crippen LogP contribution in [-0.4, -0.2) is 16.6 Å². The first kappa shape index (κ1) is 12.6. The van der Waals surface area contributed by atoms with E-state index in [1.54, 1.807) is 36.5 Å². The van der Waals surface area contributed by atoms with Crippen molar-refractivity contribution in [2.24, 2.45) is 0 Å². The zero-order chi connectivity index (χ0) is 13.0. The highest BCUT2D eigenvalue weighted by Crippen LogP contribution is 2.14. The lowest BCUT2D eigenvalue weighted by Gasteiger charge is -2.01. The van der Waals surface area contributed by atoms with Gasteiger partial charge >= 0.3 is 0 Å². The lowest BCUT2D eigenvalue weighted by Crippen LogP contribution is -2.08. The number of hydrogen-bond donors (Lipinski definition) is 0. The average molecular weight is 304 g/mol. The fourth-order valence-electron chi connectivity index (χ4n) is 1.54. The van der Waals surface area contributed by atoms with Gasteiger partial charge in [0, 0.05) is 28.0 Å². The first-order valence-electron chi connectivity index (χ1n) is 5.39. The Morgan fingerprint density at radius 2 is 1.78 bits per heavy atom. The van der Waals surface area contributed by atoms with E-state index in [4.69, 9.17) is 0 Å². The fraction of sp³-hybridized carbons (Fsp3) is 0.0714. The van der Waals surface area contributed by atoms with E-state index in [2.05, 4.69) is 20.9 Å². The highest BCUT2D eigenvalue weighted by molar-refractivity contribution is 9.10. The van der Waals surface area contributed by atoms with Crippen molar-refractivity contribution in [3.05, 3.63) is 64.4 Å². The fourth-order valence-corrected chi connectivity index (χ4v) is 1.94. The zero-order valence-corrected chi connectivity index (χ0v) is 11.1. The van der Waals surface area contributed by atoms with Crippen molar-refractivity contribution in [2.45, 2.75) is 6.42 Å². The molecule has 0 aliphatic rings. The quantitative estimate of drug-likeness (QED) is 0.643. The highest BCUT2D eigenvalue weighted by Gasteiger charge is 2.13. The minimum absolute atomic E-state index is 0.137. The number of nitrogens with zero attached hydrogens (tertiary/aromatic N) is 1. The van der Waals surface area contributed by atoms with Gasteiger partial charge in [0.1, 0.15) is 0 Å². The molecule has 0 fully saturated rings. The van der Waals surface area contributed by atoms with Gasteiger partial charge in [0.2, 0.25) is 0 Å². The van der Waals surface area contributed by atoms with E-state index in [1.807, 2.05) is 6.07 Å². The van der Waals surface area contributed by atoms with Crippen LogP contribution in [0.1, 0.15) is 27.1 Å². The maximum atomic E-state index is 11.9. The molecular formula is C14H10BrNO2. The third-order valence-electron chi connectivity index (χ3n) is 2.45. The third kappa shape index (κ3) is 3.11. The van der Waals surface area contributed by atoms with Gasteiger partial charge < -0.3 is 0 Å². The maximum Gasteiger partial charge on any atom is 0.172 e. The molecule has 1 aromatic heterocycles. The Hall–Kier alpha value is -1.81. The summed E-state index contributed by atoms with van der Waals surface area (Å²) in [4.78, 5) is 27.6. The van der Waals surface area contributed by atoms with Crippen LogP contribution >= 0.6 is 15.9 Å². The molecule has 0 radical (unpaired) electrons. The molecule has 0 aliphatic carbocycles. The molecule has 0 unspecified atom stereocenters. The van der Waals surface area contributed by atoms with Crippen molar-refractivity contribution in [3.8, 4) is 0 Å². The Kier molecular flexibility index (Phi) is 3.99. The first-order chi connectivity index (χ1) is 8.66. The predicted octanol–water partition coefficient (Wildman–Crippen LogP) is 3.30. The minimum atomic E-state index is -0.215. The molecule has 0 aliphatic heterocycles. The molecule has 90 valence electrons. The largest absolute Gasteiger partial charge is 0.294 e. The number of halogens is 1. The molecule has 0 atom stereocenters. The van der Waals surface area contributed by atoms with Crippen LogP contribution in [0.5, 0.6) is 0 Å². The summed E-state index contributed by atoms with van der Waals surface area (Å²) in [7, 11) is 0. The number of hydrogen-bond acceptors (Lipinski definition) is 3. The van der Waals surface area contributed by atoms with E-state index in [9.17, 15) is 9.59 Å². The Morgan fingerprint density at radius 3 is 2.44 bits per heavy atom. The molecule has 3 nitrogen and oxygen atoms in total. The second kappa shape index (κ2) is 5.69. The number of aromatic nitrogens is 1. The first-order valence-corrected chi connectivity index (χ1v) is 6.18. The number of Topliss-reactive ketones (excluding diaryl/α,β-unsaturated/α-hetero) is 2. The molecule has 2 aromatic rings. The summed E-state index contributed by atoms with van der Waals surface area (Å²) in [5.74, 6) is -0.404. The normalized spacial score (nSPS) is 10.1. The monoisotopic (exact) mass is 303 g/mol. The second-order valence-corrected chi connectivity index (χ2v) is 4.69. The number of benzene rings is 1. The van der Waals surface area contributed by atoms with Gasteiger partial charge in [-0.2, -0.15) is 0 Å². The summed E-state index contributed by atoms with van der Waals surface area (Å²) in [6.07, 6.45) is 2.92. The Bertz CT molecular complexity index is 581. The minimum Gasteiger partial charge on any atom is -0.294 e. The van der Waals surface area contributed by atoms with Crippen molar-refractivity contribution < 1.29 is 9.59 Å². The number of carbonyl (C=O) groups excluding carboxylic acids is 2. The highest BCUT2D eigenvalue weighted by atomic mass is 79.9. The topological polar surface area (TPSA) is 47.0 Å². The van der Waals surface area contributed by atoms with Crippen molar-refractivity contribution in [2.75, 3.05) is 0 Å². The summed E-state index contributed by atoms with van der Waals surface area (Å²) < 4.78 is 0.821. The van der Waals surface area contributed by atoms with Crippen LogP contribution in [0, 0.1) is 0 Å². The number of rotatable bonds is 4. The van der Waals surface area contributed by atoms with Crippen LogP contribution in [0.15, 0.2) is 53.3 Å². The lowest BCUT2D eigenvalue weighted by atomic mass is 10.0. The molecule has 0 saturated heterocycles. The molecule has 0 saturated carbocycles. The van der Waals surface area contributed by atoms with Gasteiger partial charge in [0.05, 0.1) is 6.42 Å². The summed E-state index contributed by atoms with van der Waals surface area (Å²) in [5, 5.41) is 0. The van der Waals surface area contributed by atoms with Gasteiger partial charge in [-0.15, -0.1) is 0 Å². The molecule has 0 amide bonds. The van der Waals surface area contributed by atoms with Gasteiger partial charge in [-0.3, -0.25) is 14.6 Å². The lowest BCUT2D eigenvalue weighted by molar-refractivity contribution is 0.0894. The molecule has 2 rings (SSSR count). The van der Waals surface area contributed by atoms with Gasteiger partial charge in [0.15, 0.2) is 11.6 Å². The van der Waals surface area contributed by atoms with Crippen molar-refractivity contribution in [1.82, 2.24) is 4.98 Å². The molecular weight excluding hydrogens is 294 g/mol. The van der Waals surface area contributed by atoms with Crippen LogP contribution < -0.4 is 0 Å². The molecule has 1 aromatic carbocycles. The van der Waals surface area contributed by atoms with Crippen LogP contribution in [0.2, 0.25) is 0 Å². The van der Waals surface area contributed by atoms with Crippen LogP contribution in [0.3, 0.4) is 0 Å². The SMILES string of the molecule is O=C(CC(=O)c1cccc(Br)c1)c1cccnc1. The predicted molar refractivity (Wildman–Crippen MR) is 71.7 cm³/mol. The zero-order valence-electron chi connectivity index (χ0n) is 9.47. The molecule has 4 heteroatoms. The molecule has 0 N–H and O–H groups in total. The van der Waals surface area contributed by atoms with Crippen molar-refractivity contribution >= 4 is 27.5 Å². The smallest absolute Gasteiger partial charge is 0.172 e. The number of ketones is 2. The van der Waals surface area contributed by atoms with Gasteiger partial charge in [-0.1, -0.05) is 28.1 Å². The third-order valence-corrected chi connectivity index (χ3v) is 2.94. The van der Waals surface area contributed by atoms with E-state index in [1.165, 1.54) is 6.20 Å². The van der Waals surface area contributed by atoms with Gasteiger partial charge in [-0.25, -0.2) is 0 Å². The van der Waals surface area contributed by atoms with Crippen LogP contribution in [0.25, 0.3) is 0 Å². The number of carbonyl (C=O) groups is 2. The second-order valence-electron chi connectivity index (χ2n) is 3.78. The summed E-state index contributed by atoms with van der Waals surface area (Å²) in [6, 6.07) is 10.3. The molecule has 18 heavy (non-hydrogen) atoms. The number of pyridine rings is 1. The van der Waals surface area contributed by atoms with Crippen LogP contribution in [0.4, 0.5) is 0 Å². The molecule has 1 heterocycles. The standard InChI is InChI=1S/C14H10BrNO2/c15-12-5-1-3-10(7-12)13(17)8-14(18)11-4-2-6-16-9-11/h1-7,9H,8H2. The summed E-state index contributed by atoms with van der Waals surface area (Å²) in [6.45, 7) is 0. The van der Waals surface area contributed by atoms with E-state index >= 15 is 0 Å². The van der Waals surface area contributed by atoms with E-state index in [-0.39, 0.29) is 18.0 Å². The molecule has 0 spiro atoms. The Balaban J connectivity index is 2.11. The Labute approximate surface area is 113 Å². The van der Waals surface area contributed by atoms with Crippen LogP contribution in [-0.2, 0) is 0 Å². The summed E-state index contributed by atoms with van der Waals surface area (Å²) in [5.41, 5.74) is 0.988.